The van der Waals surface area contributed by atoms with E-state index >= 15 is 0 Å². The normalized spacial score (nSPS) is 12.5. The number of hydrogen-bond donors (Lipinski definition) is 3. The van der Waals surface area contributed by atoms with Gasteiger partial charge in [0.25, 0.3) is 11.3 Å². The standard InChI is InChI=1S/C14H14ClN5O2/c1-8-5-12(22)20-14(16-8)18-13(19-20)17-11(7-21)9-3-2-4-10(15)6-9/h2-6,11,21H,7H2,1H3,(H2,16,17,18,19)/t11-/m1/s1. The van der Waals surface area contributed by atoms with Crippen LogP contribution in [0.5, 0.6) is 0 Å². The molecule has 7 nitrogen and oxygen atoms in total. The van der Waals surface area contributed by atoms with Crippen LogP contribution in [0.3, 0.4) is 0 Å². The minimum atomic E-state index is -0.406. The van der Waals surface area contributed by atoms with Gasteiger partial charge in [0.1, 0.15) is 0 Å². The Balaban J connectivity index is 1.94. The van der Waals surface area contributed by atoms with Crippen LogP contribution >= 0.6 is 11.6 Å². The van der Waals surface area contributed by atoms with Crippen LogP contribution in [0.25, 0.3) is 5.78 Å². The minimum absolute atomic E-state index is 0.154. The largest absolute Gasteiger partial charge is 0.394 e. The summed E-state index contributed by atoms with van der Waals surface area (Å²) in [6.45, 7) is 1.57. The number of halogens is 1. The van der Waals surface area contributed by atoms with Gasteiger partial charge in [0, 0.05) is 16.8 Å². The summed E-state index contributed by atoms with van der Waals surface area (Å²) in [5, 5.41) is 16.0. The molecule has 0 bridgehead atoms. The van der Waals surface area contributed by atoms with Gasteiger partial charge >= 0.3 is 0 Å². The number of hydrogen-bond acceptors (Lipinski definition) is 5. The number of aliphatic hydroxyl groups excluding tert-OH is 1. The molecule has 0 aliphatic rings. The first-order chi connectivity index (χ1) is 10.6. The van der Waals surface area contributed by atoms with Crippen molar-refractivity contribution >= 4 is 23.3 Å². The molecule has 114 valence electrons. The van der Waals surface area contributed by atoms with Crippen molar-refractivity contribution in [1.82, 2.24) is 19.6 Å². The number of aliphatic hydroxyl groups is 1. The second-order valence-corrected chi connectivity index (χ2v) is 5.31. The predicted octanol–water partition coefficient (Wildman–Crippen LogP) is 1.52. The fraction of sp³-hybridized carbons (Fsp3) is 0.214. The Morgan fingerprint density at radius 2 is 2.23 bits per heavy atom. The lowest BCUT2D eigenvalue weighted by Gasteiger charge is -2.15. The van der Waals surface area contributed by atoms with Gasteiger partial charge in [-0.15, -0.1) is 0 Å². The Morgan fingerprint density at radius 1 is 1.41 bits per heavy atom. The smallest absolute Gasteiger partial charge is 0.274 e. The Hall–Kier alpha value is -2.38. The summed E-state index contributed by atoms with van der Waals surface area (Å²) in [5.74, 6) is 0.615. The van der Waals surface area contributed by atoms with Gasteiger partial charge in [-0.2, -0.15) is 9.50 Å². The number of aromatic amines is 1. The number of nitrogens with one attached hydrogen (secondary N) is 2. The van der Waals surface area contributed by atoms with E-state index in [9.17, 15) is 9.90 Å². The number of aryl methyl sites for hydroxylation is 1. The van der Waals surface area contributed by atoms with Crippen LogP contribution in [0.4, 0.5) is 5.95 Å². The van der Waals surface area contributed by atoms with Crippen LogP contribution in [-0.4, -0.2) is 31.3 Å². The monoisotopic (exact) mass is 319 g/mol. The number of nitrogens with zero attached hydrogens (tertiary/aromatic N) is 3. The van der Waals surface area contributed by atoms with Crippen molar-refractivity contribution in [1.29, 1.82) is 0 Å². The highest BCUT2D eigenvalue weighted by Gasteiger charge is 2.14. The molecular formula is C14H14ClN5O2. The zero-order valence-corrected chi connectivity index (χ0v) is 12.5. The molecule has 2 heterocycles. The first-order valence-corrected chi connectivity index (χ1v) is 7.04. The molecule has 3 rings (SSSR count). The average Bonchev–Trinajstić information content (AvgIpc) is 2.87. The lowest BCUT2D eigenvalue weighted by Crippen LogP contribution is -2.17. The summed E-state index contributed by atoms with van der Waals surface area (Å²) in [4.78, 5) is 20.2. The number of fused-ring (bicyclic) bond motifs is 1. The highest BCUT2D eigenvalue weighted by Crippen LogP contribution is 2.20. The predicted molar refractivity (Wildman–Crippen MR) is 83.2 cm³/mol. The van der Waals surface area contributed by atoms with Crippen LogP contribution in [0.1, 0.15) is 17.3 Å². The minimum Gasteiger partial charge on any atom is -0.394 e. The summed E-state index contributed by atoms with van der Waals surface area (Å²) in [6.07, 6.45) is 0. The number of anilines is 1. The quantitative estimate of drug-likeness (QED) is 0.677. The van der Waals surface area contributed by atoms with E-state index in [1.807, 2.05) is 6.07 Å². The molecule has 0 aliphatic carbocycles. The van der Waals surface area contributed by atoms with Gasteiger partial charge < -0.3 is 10.4 Å². The molecule has 0 spiro atoms. The molecule has 0 saturated carbocycles. The van der Waals surface area contributed by atoms with E-state index in [0.29, 0.717) is 16.7 Å². The van der Waals surface area contributed by atoms with Crippen LogP contribution < -0.4 is 10.9 Å². The lowest BCUT2D eigenvalue weighted by molar-refractivity contribution is 0.276. The molecule has 1 atom stereocenters. The SMILES string of the molecule is Cc1cc(=O)n2[nH]c(N[C@H](CO)c3cccc(Cl)c3)nc2n1. The van der Waals surface area contributed by atoms with E-state index in [0.717, 1.165) is 5.56 Å². The van der Waals surface area contributed by atoms with Crippen LogP contribution in [0, 0.1) is 6.92 Å². The van der Waals surface area contributed by atoms with E-state index in [-0.39, 0.29) is 17.9 Å². The van der Waals surface area contributed by atoms with Gasteiger partial charge in [0.15, 0.2) is 0 Å². The zero-order chi connectivity index (χ0) is 15.7. The summed E-state index contributed by atoms with van der Waals surface area (Å²) in [7, 11) is 0. The van der Waals surface area contributed by atoms with Gasteiger partial charge in [-0.05, 0) is 24.6 Å². The van der Waals surface area contributed by atoms with Gasteiger partial charge in [0.05, 0.1) is 12.6 Å². The van der Waals surface area contributed by atoms with Gasteiger partial charge in [-0.25, -0.2) is 4.98 Å². The van der Waals surface area contributed by atoms with Crippen molar-refractivity contribution in [2.75, 3.05) is 11.9 Å². The number of benzene rings is 1. The molecule has 2 aromatic heterocycles. The van der Waals surface area contributed by atoms with Gasteiger partial charge in [0.2, 0.25) is 5.95 Å². The maximum absolute atomic E-state index is 11.8. The number of rotatable bonds is 4. The molecule has 0 saturated heterocycles. The number of aromatic nitrogens is 4. The first kappa shape index (κ1) is 14.6. The van der Waals surface area contributed by atoms with Gasteiger partial charge in [-0.1, -0.05) is 23.7 Å². The molecule has 0 amide bonds. The van der Waals surface area contributed by atoms with Crippen LogP contribution in [-0.2, 0) is 0 Å². The van der Waals surface area contributed by atoms with Crippen molar-refractivity contribution in [3.8, 4) is 0 Å². The molecule has 8 heteroatoms. The summed E-state index contributed by atoms with van der Waals surface area (Å²) >= 11 is 5.96. The second-order valence-electron chi connectivity index (χ2n) is 4.88. The summed E-state index contributed by atoms with van der Waals surface area (Å²) in [5.41, 5.74) is 1.16. The third kappa shape index (κ3) is 2.81. The van der Waals surface area contributed by atoms with E-state index in [1.165, 1.54) is 10.6 Å². The molecule has 0 fully saturated rings. The molecule has 3 N–H and O–H groups in total. The van der Waals surface area contributed by atoms with Crippen molar-refractivity contribution in [3.05, 3.63) is 57.0 Å². The van der Waals surface area contributed by atoms with E-state index in [4.69, 9.17) is 11.6 Å². The molecular weight excluding hydrogens is 306 g/mol. The van der Waals surface area contributed by atoms with Crippen molar-refractivity contribution in [3.63, 3.8) is 0 Å². The fourth-order valence-electron chi connectivity index (χ4n) is 2.18. The Kier molecular flexibility index (Phi) is 3.82. The zero-order valence-electron chi connectivity index (χ0n) is 11.7. The maximum atomic E-state index is 11.8. The highest BCUT2D eigenvalue weighted by molar-refractivity contribution is 6.30. The van der Waals surface area contributed by atoms with E-state index in [2.05, 4.69) is 20.4 Å². The van der Waals surface area contributed by atoms with Crippen LogP contribution in [0.2, 0.25) is 5.02 Å². The molecule has 1 aromatic carbocycles. The van der Waals surface area contributed by atoms with E-state index < -0.39 is 6.04 Å². The topological polar surface area (TPSA) is 95.3 Å². The fourth-order valence-corrected chi connectivity index (χ4v) is 2.38. The summed E-state index contributed by atoms with van der Waals surface area (Å²) in [6, 6.07) is 8.17. The van der Waals surface area contributed by atoms with Crippen molar-refractivity contribution in [2.45, 2.75) is 13.0 Å². The molecule has 3 aromatic rings. The first-order valence-electron chi connectivity index (χ1n) is 6.66. The molecule has 22 heavy (non-hydrogen) atoms. The summed E-state index contributed by atoms with van der Waals surface area (Å²) < 4.78 is 1.24. The Labute approximate surface area is 130 Å². The van der Waals surface area contributed by atoms with Gasteiger partial charge in [-0.3, -0.25) is 9.89 Å². The molecule has 0 radical (unpaired) electrons. The lowest BCUT2D eigenvalue weighted by atomic mass is 10.1. The van der Waals surface area contributed by atoms with Crippen molar-refractivity contribution in [2.24, 2.45) is 0 Å². The highest BCUT2D eigenvalue weighted by atomic mass is 35.5. The van der Waals surface area contributed by atoms with E-state index in [1.54, 1.807) is 25.1 Å². The number of H-pyrrole nitrogens is 1. The Morgan fingerprint density at radius 3 is 2.95 bits per heavy atom. The van der Waals surface area contributed by atoms with Crippen molar-refractivity contribution < 1.29 is 5.11 Å². The molecule has 0 aliphatic heterocycles. The Bertz CT molecular complexity index is 873. The molecule has 0 unspecified atom stereocenters. The average molecular weight is 320 g/mol. The maximum Gasteiger partial charge on any atom is 0.274 e. The third-order valence-electron chi connectivity index (χ3n) is 3.20. The second kappa shape index (κ2) is 5.78. The third-order valence-corrected chi connectivity index (χ3v) is 3.44. The van der Waals surface area contributed by atoms with Crippen LogP contribution in [0.15, 0.2) is 35.1 Å².